The summed E-state index contributed by atoms with van der Waals surface area (Å²) in [5.74, 6) is 0.535. The molecule has 4 heterocycles. The van der Waals surface area contributed by atoms with Crippen LogP contribution in [-0.4, -0.2) is 95.4 Å². The van der Waals surface area contributed by atoms with Crippen molar-refractivity contribution in [1.29, 1.82) is 0 Å². The third-order valence-electron chi connectivity index (χ3n) is 9.44. The van der Waals surface area contributed by atoms with Crippen LogP contribution >= 0.6 is 11.9 Å². The normalized spacial score (nSPS) is 16.8. The van der Waals surface area contributed by atoms with E-state index in [1.807, 2.05) is 43.6 Å². The first kappa shape index (κ1) is 34.0. The molecular formula is C34H43F3N10S. The number of hydrogen-bond donors (Lipinski definition) is 2. The molecule has 256 valence electrons. The summed E-state index contributed by atoms with van der Waals surface area (Å²) in [4.78, 5) is 25.0. The lowest BCUT2D eigenvalue weighted by Crippen LogP contribution is -2.52. The van der Waals surface area contributed by atoms with E-state index in [-0.39, 0.29) is 11.6 Å². The highest BCUT2D eigenvalue weighted by molar-refractivity contribution is 7.99. The van der Waals surface area contributed by atoms with Crippen molar-refractivity contribution in [2.45, 2.75) is 45.3 Å². The van der Waals surface area contributed by atoms with Gasteiger partial charge in [0.2, 0.25) is 5.95 Å². The lowest BCUT2D eigenvalue weighted by Gasteiger charge is -2.43. The molecule has 0 saturated carbocycles. The summed E-state index contributed by atoms with van der Waals surface area (Å²) in [6.45, 7) is 9.51. The first-order valence-electron chi connectivity index (χ1n) is 16.4. The molecule has 0 spiro atoms. The van der Waals surface area contributed by atoms with Crippen LogP contribution in [0.3, 0.4) is 0 Å². The predicted molar refractivity (Wildman–Crippen MR) is 190 cm³/mol. The van der Waals surface area contributed by atoms with Gasteiger partial charge in [0.25, 0.3) is 0 Å². The maximum absolute atomic E-state index is 14.6. The minimum atomic E-state index is -4.57. The number of piperazine rings is 1. The number of fused-ring (bicyclic) bond motifs is 1. The van der Waals surface area contributed by atoms with Crippen LogP contribution in [0.5, 0.6) is 0 Å². The number of alkyl halides is 3. The molecule has 2 aromatic carbocycles. The molecule has 6 rings (SSSR count). The lowest BCUT2D eigenvalue weighted by molar-refractivity contribution is -0.136. The van der Waals surface area contributed by atoms with Gasteiger partial charge in [-0.25, -0.2) is 4.98 Å². The number of benzene rings is 2. The van der Waals surface area contributed by atoms with E-state index >= 15 is 0 Å². The molecule has 0 unspecified atom stereocenters. The average Bonchev–Trinajstić information content (AvgIpc) is 3.09. The van der Waals surface area contributed by atoms with E-state index in [0.29, 0.717) is 24.0 Å². The van der Waals surface area contributed by atoms with Crippen LogP contribution in [0.15, 0.2) is 42.9 Å². The minimum absolute atomic E-state index is 0.0611. The predicted octanol–water partition coefficient (Wildman–Crippen LogP) is 6.73. The number of rotatable bonds is 9. The van der Waals surface area contributed by atoms with Crippen molar-refractivity contribution in [3.05, 3.63) is 59.5 Å². The van der Waals surface area contributed by atoms with Gasteiger partial charge in [0, 0.05) is 88.5 Å². The van der Waals surface area contributed by atoms with Gasteiger partial charge in [0.05, 0.1) is 28.1 Å². The Balaban J connectivity index is 1.26. The van der Waals surface area contributed by atoms with Gasteiger partial charge in [0.15, 0.2) is 0 Å². The zero-order valence-electron chi connectivity index (χ0n) is 28.1. The minimum Gasteiger partial charge on any atom is -0.371 e. The molecule has 2 N–H and O–H groups in total. The molecule has 2 aliphatic rings. The molecule has 0 bridgehead atoms. The number of aryl methyl sites for hydroxylation is 2. The molecule has 0 atom stereocenters. The highest BCUT2D eigenvalue weighted by Gasteiger charge is 2.36. The number of aromatic nitrogens is 4. The van der Waals surface area contributed by atoms with Gasteiger partial charge in [-0.05, 0) is 63.1 Å². The molecule has 2 aromatic heterocycles. The highest BCUT2D eigenvalue weighted by Crippen LogP contribution is 2.42. The molecular weight excluding hydrogens is 638 g/mol. The van der Waals surface area contributed by atoms with E-state index in [1.54, 1.807) is 24.7 Å². The van der Waals surface area contributed by atoms with Gasteiger partial charge in [-0.3, -0.25) is 14.9 Å². The number of hydrogen-bond acceptors (Lipinski definition) is 11. The summed E-state index contributed by atoms with van der Waals surface area (Å²) in [5.41, 5.74) is 4.47. The Morgan fingerprint density at radius 3 is 2.38 bits per heavy atom. The van der Waals surface area contributed by atoms with Crippen LogP contribution in [0.2, 0.25) is 0 Å². The van der Waals surface area contributed by atoms with Crippen LogP contribution in [0, 0.1) is 6.92 Å². The largest absolute Gasteiger partial charge is 0.418 e. The molecule has 2 aliphatic heterocycles. The fourth-order valence-corrected chi connectivity index (χ4v) is 6.98. The Labute approximate surface area is 284 Å². The van der Waals surface area contributed by atoms with Crippen molar-refractivity contribution in [3.8, 4) is 0 Å². The van der Waals surface area contributed by atoms with Crippen molar-refractivity contribution in [3.63, 3.8) is 0 Å². The number of likely N-dealkylation sites (N-methyl/N-ethyl adjacent to an activating group) is 1. The Morgan fingerprint density at radius 1 is 0.958 bits per heavy atom. The average molecular weight is 681 g/mol. The topological polar surface area (TPSA) is 88.6 Å². The highest BCUT2D eigenvalue weighted by atomic mass is 32.2. The first-order valence-corrected chi connectivity index (χ1v) is 17.5. The van der Waals surface area contributed by atoms with Crippen LogP contribution in [0.25, 0.3) is 11.0 Å². The maximum atomic E-state index is 14.6. The van der Waals surface area contributed by atoms with E-state index in [0.717, 1.165) is 85.6 Å². The summed E-state index contributed by atoms with van der Waals surface area (Å²) in [7, 11) is 4.08. The number of halogens is 3. The summed E-state index contributed by atoms with van der Waals surface area (Å²) in [5, 5.41) is 6.30. The molecule has 4 aromatic rings. The maximum Gasteiger partial charge on any atom is 0.418 e. The molecule has 2 fully saturated rings. The zero-order chi connectivity index (χ0) is 34.0. The van der Waals surface area contributed by atoms with Crippen LogP contribution in [0.4, 0.5) is 47.7 Å². The molecule has 10 nitrogen and oxygen atoms in total. The van der Waals surface area contributed by atoms with E-state index in [9.17, 15) is 13.2 Å². The molecule has 14 heteroatoms. The third-order valence-corrected chi connectivity index (χ3v) is 10.2. The summed E-state index contributed by atoms with van der Waals surface area (Å²) in [6.07, 6.45) is 4.76. The van der Waals surface area contributed by atoms with Gasteiger partial charge >= 0.3 is 6.18 Å². The van der Waals surface area contributed by atoms with Crippen molar-refractivity contribution in [2.24, 2.45) is 0 Å². The Bertz CT molecular complexity index is 1740. The monoisotopic (exact) mass is 680 g/mol. The molecule has 0 radical (unpaired) electrons. The fourth-order valence-electron chi connectivity index (χ4n) is 6.62. The van der Waals surface area contributed by atoms with E-state index < -0.39 is 11.7 Å². The Kier molecular flexibility index (Phi) is 10.1. The fraction of sp³-hybridized carbons (Fsp3) is 0.471. The molecule has 0 amide bonds. The quantitative estimate of drug-likeness (QED) is 0.185. The van der Waals surface area contributed by atoms with E-state index in [4.69, 9.17) is 0 Å². The number of piperidine rings is 1. The molecule has 0 aliphatic carbocycles. The van der Waals surface area contributed by atoms with Gasteiger partial charge in [0.1, 0.15) is 11.3 Å². The Hall–Kier alpha value is -3.88. The van der Waals surface area contributed by atoms with Crippen molar-refractivity contribution < 1.29 is 13.2 Å². The van der Waals surface area contributed by atoms with Crippen LogP contribution in [0.1, 0.15) is 36.5 Å². The van der Waals surface area contributed by atoms with Gasteiger partial charge in [-0.1, -0.05) is 18.9 Å². The van der Waals surface area contributed by atoms with Crippen molar-refractivity contribution in [1.82, 2.24) is 29.7 Å². The second-order valence-electron chi connectivity index (χ2n) is 12.5. The van der Waals surface area contributed by atoms with Gasteiger partial charge in [-0.2, -0.15) is 18.2 Å². The summed E-state index contributed by atoms with van der Waals surface area (Å²) < 4.78 is 45.9. The standard InChI is InChI=1S/C34H43F3N10S/c1-6-23-19-28(25(34(35,36)37)20-29(23)47-13-9-24(10-14-47)46-17-15-44(3)16-18-46)42-33-40-21-22(2)32(43-33)41-27-8-7-26-30(39-12-11-38-26)31(27)45(4)48-5/h7-8,11-12,19-21,24H,6,9-10,13-18H2,1-5H3,(H2,40,41,42,43). The summed E-state index contributed by atoms with van der Waals surface area (Å²) in [6, 6.07) is 7.18. The first-order chi connectivity index (χ1) is 23.0. The number of nitrogens with zero attached hydrogens (tertiary/aromatic N) is 8. The molecule has 48 heavy (non-hydrogen) atoms. The molecule has 2 saturated heterocycles. The SMILES string of the molecule is CCc1cc(Nc2ncc(C)c(Nc3ccc4nccnc4c3N(C)SC)n2)c(C(F)(F)F)cc1N1CCC(N2CCN(C)CC2)CC1. The zero-order valence-corrected chi connectivity index (χ0v) is 28.9. The van der Waals surface area contributed by atoms with Gasteiger partial charge < -0.3 is 24.7 Å². The summed E-state index contributed by atoms with van der Waals surface area (Å²) >= 11 is 1.52. The second-order valence-corrected chi connectivity index (χ2v) is 13.4. The van der Waals surface area contributed by atoms with E-state index in [1.165, 1.54) is 18.0 Å². The van der Waals surface area contributed by atoms with Gasteiger partial charge in [-0.15, -0.1) is 0 Å². The number of anilines is 6. The second kappa shape index (κ2) is 14.3. The lowest BCUT2D eigenvalue weighted by atomic mass is 9.98. The Morgan fingerprint density at radius 2 is 1.69 bits per heavy atom. The van der Waals surface area contributed by atoms with Crippen LogP contribution in [-0.2, 0) is 12.6 Å². The smallest absolute Gasteiger partial charge is 0.371 e. The van der Waals surface area contributed by atoms with E-state index in [2.05, 4.69) is 52.3 Å². The van der Waals surface area contributed by atoms with Crippen molar-refractivity contribution >= 4 is 57.5 Å². The third kappa shape index (κ3) is 7.25. The van der Waals surface area contributed by atoms with Crippen LogP contribution < -0.4 is 19.8 Å². The van der Waals surface area contributed by atoms with Crippen molar-refractivity contribution in [2.75, 3.05) is 79.5 Å². The number of nitrogens with one attached hydrogen (secondary N) is 2.